The van der Waals surface area contributed by atoms with Gasteiger partial charge in [0.25, 0.3) is 0 Å². The topological polar surface area (TPSA) is 807 Å². The molecular formula is C93H75N3O47. The molecule has 12 aromatic rings. The summed E-state index contributed by atoms with van der Waals surface area (Å²) in [5, 5.41) is 261. The van der Waals surface area contributed by atoms with Crippen molar-refractivity contribution < 1.29 is 232 Å². The number of phenols is 25. The van der Waals surface area contributed by atoms with Crippen LogP contribution in [0.1, 0.15) is 109 Å². The first-order valence-electron chi connectivity index (χ1n) is 40.3. The average Bonchev–Trinajstić information content (AvgIpc) is 0.763. The number of hydrogen-bond donors (Lipinski definition) is 25. The number of hydrogen-bond acceptors (Lipinski definition) is 50. The molecule has 1 aliphatic rings. The number of methoxy groups -OCH3 is 1. The highest BCUT2D eigenvalue weighted by Gasteiger charge is 2.55. The second-order valence-corrected chi connectivity index (χ2v) is 30.4. The Morgan fingerprint density at radius 1 is 0.294 bits per heavy atom. The van der Waals surface area contributed by atoms with Gasteiger partial charge in [0.15, 0.2) is 156 Å². The molecule has 0 bridgehead atoms. The Labute approximate surface area is 797 Å². The van der Waals surface area contributed by atoms with Crippen molar-refractivity contribution in [2.45, 2.75) is 37.3 Å². The molecule has 2 heterocycles. The summed E-state index contributed by atoms with van der Waals surface area (Å²) in [4.78, 5) is 151. The van der Waals surface area contributed by atoms with E-state index in [1.54, 1.807) is 7.11 Å². The van der Waals surface area contributed by atoms with E-state index in [4.69, 9.17) is 56.8 Å². The van der Waals surface area contributed by atoms with Gasteiger partial charge in [-0.05, 0) is 165 Å². The fraction of sp³-hybridized carbons (Fsp3) is 0.129. The van der Waals surface area contributed by atoms with Crippen LogP contribution in [0, 0.1) is 0 Å². The molecule has 0 spiro atoms. The third-order valence-electron chi connectivity index (χ3n) is 20.2. The van der Waals surface area contributed by atoms with Gasteiger partial charge in [-0.3, -0.25) is 0 Å². The summed E-state index contributed by atoms with van der Waals surface area (Å²) >= 11 is 0. The second-order valence-electron chi connectivity index (χ2n) is 30.4. The van der Waals surface area contributed by atoms with E-state index in [0.717, 1.165) is 31.2 Å². The normalized spacial score (nSPS) is 14.1. The molecule has 5 unspecified atom stereocenters. The Morgan fingerprint density at radius 2 is 0.552 bits per heavy atom. The summed E-state index contributed by atoms with van der Waals surface area (Å²) in [6.45, 7) is 1.07. The Morgan fingerprint density at radius 3 is 0.825 bits per heavy atom. The van der Waals surface area contributed by atoms with E-state index in [1.807, 2.05) is 30.5 Å². The maximum Gasteiger partial charge on any atom is 0.343 e. The van der Waals surface area contributed by atoms with Gasteiger partial charge in [0, 0.05) is 25.8 Å². The Bertz CT molecular complexity index is 6950. The number of phenolic OH excluding ortho intramolecular Hbond substituents is 25. The number of ether oxygens (including phenoxy) is 12. The number of carbonyl (C=O) groups excluding carboxylic acids is 10. The number of aromatic hydroxyl groups is 25. The second kappa shape index (κ2) is 42.4. The first-order valence-corrected chi connectivity index (χ1v) is 40.3. The third kappa shape index (κ3) is 23.3. The molecule has 25 N–H and O–H groups in total. The van der Waals surface area contributed by atoms with Crippen LogP contribution in [0.25, 0.3) is 0 Å². The quantitative estimate of drug-likeness (QED) is 0.00976. The summed E-state index contributed by atoms with van der Waals surface area (Å²) in [6.07, 6.45) is -13.2. The molecule has 0 saturated carbocycles. The van der Waals surface area contributed by atoms with Gasteiger partial charge in [-0.2, -0.15) is 0 Å². The van der Waals surface area contributed by atoms with Crippen LogP contribution in [0.5, 0.6) is 178 Å². The smallest absolute Gasteiger partial charge is 0.343 e. The van der Waals surface area contributed by atoms with Gasteiger partial charge >= 0.3 is 59.7 Å². The lowest BCUT2D eigenvalue weighted by molar-refractivity contribution is -0.282. The van der Waals surface area contributed by atoms with Gasteiger partial charge in [-0.1, -0.05) is 18.2 Å². The van der Waals surface area contributed by atoms with Crippen molar-refractivity contribution in [3.8, 4) is 178 Å². The van der Waals surface area contributed by atoms with E-state index in [1.165, 1.54) is 5.56 Å². The molecule has 1 saturated heterocycles. The van der Waals surface area contributed by atoms with Crippen LogP contribution >= 0.6 is 0 Å². The number of nitrogens with zero attached hydrogens (tertiary/aromatic N) is 3. The molecule has 744 valence electrons. The molecule has 0 amide bonds. The van der Waals surface area contributed by atoms with E-state index in [0.29, 0.717) is 121 Å². The first-order chi connectivity index (χ1) is 67.5. The number of anilines is 1. The van der Waals surface area contributed by atoms with Crippen LogP contribution in [0.2, 0.25) is 0 Å². The first kappa shape index (κ1) is 102. The van der Waals surface area contributed by atoms with E-state index in [2.05, 4.69) is 47.1 Å². The van der Waals surface area contributed by atoms with Crippen molar-refractivity contribution in [1.29, 1.82) is 0 Å². The summed E-state index contributed by atoms with van der Waals surface area (Å²) in [7, 11) is 5.86. The van der Waals surface area contributed by atoms with Crippen molar-refractivity contribution in [2.75, 3.05) is 45.8 Å². The zero-order valence-corrected chi connectivity index (χ0v) is 72.9. The molecule has 50 heteroatoms. The van der Waals surface area contributed by atoms with Crippen molar-refractivity contribution in [2.24, 2.45) is 0 Å². The Kier molecular flexibility index (Phi) is 30.1. The van der Waals surface area contributed by atoms with Crippen LogP contribution in [0.4, 0.5) is 5.82 Å². The summed E-state index contributed by atoms with van der Waals surface area (Å²) in [5.41, 5.74) is -8.64. The van der Waals surface area contributed by atoms with Crippen molar-refractivity contribution in [3.63, 3.8) is 0 Å². The standard InChI is InChI=1S/C76H52O46.C17H23N3O/c77-32-1-22(2-33(78)53(32)92)67(103)113-47-16-27(11-42(87)58(47)97)66(102)112-21-52-63(119-72(108)28-12-43(88)59(98)48(17-28)114-68(104)23-3-34(79)54(93)35(80)4-23)64(120-73(109)29-13-44(89)60(99)49(18-29)115-69(105)24-5-36(81)55(94)37(82)6-24)65(121-74(110)30-14-45(90)61(100)50(19-30)116-70(106)25-7-38(83)56(95)39(84)8-25)76(118-52)122-75(111)31-15-46(91)62(101)51(20-31)117-71(107)26-9-40(85)57(96)41(86)10-26;1-19(2)12-13-20(17-6-4-5-11-18-17)14-15-7-9-16(21-3)10-8-15/h1-20,52,63-65,76-101H,21H2;4-11H,12-14H2,1-3H3. The minimum Gasteiger partial charge on any atom is -0.504 e. The number of carbonyl (C=O) groups is 10. The minimum absolute atomic E-state index is 0.295. The van der Waals surface area contributed by atoms with Crippen LogP contribution in [-0.2, 0) is 35.0 Å². The molecule has 13 rings (SSSR count). The predicted octanol–water partition coefficient (Wildman–Crippen LogP) is 7.50. The van der Waals surface area contributed by atoms with Crippen LogP contribution in [0.15, 0.2) is 170 Å². The fourth-order valence-corrected chi connectivity index (χ4v) is 12.9. The van der Waals surface area contributed by atoms with Gasteiger partial charge in [0.05, 0.1) is 62.7 Å². The average molecular weight is 1990 g/mol. The third-order valence-corrected chi connectivity index (χ3v) is 20.2. The number of pyridine rings is 1. The lowest BCUT2D eigenvalue weighted by atomic mass is 9.97. The van der Waals surface area contributed by atoms with Crippen molar-refractivity contribution >= 4 is 65.5 Å². The van der Waals surface area contributed by atoms with Crippen LogP contribution in [-0.4, -0.2) is 269 Å². The molecular weight excluding hydrogens is 1910 g/mol. The Hall–Kier alpha value is -20.2. The highest BCUT2D eigenvalue weighted by Crippen LogP contribution is 2.48. The molecule has 50 nitrogen and oxygen atoms in total. The number of benzene rings is 11. The maximum absolute atomic E-state index is 15.3. The molecule has 11 aromatic carbocycles. The summed E-state index contributed by atoms with van der Waals surface area (Å²) in [6, 6.07) is 22.8. The minimum atomic E-state index is -3.12. The number of rotatable bonds is 28. The highest BCUT2D eigenvalue weighted by molar-refractivity contribution is 6.00. The molecule has 5 atom stereocenters. The summed E-state index contributed by atoms with van der Waals surface area (Å²) < 4.78 is 65.6. The predicted molar refractivity (Wildman–Crippen MR) is 470 cm³/mol. The Balaban J connectivity index is 0.000000766. The molecule has 1 aromatic heterocycles. The molecule has 143 heavy (non-hydrogen) atoms. The van der Waals surface area contributed by atoms with E-state index in [-0.39, 0.29) is 0 Å². The van der Waals surface area contributed by atoms with Crippen molar-refractivity contribution in [3.05, 3.63) is 231 Å². The SMILES string of the molecule is COc1ccc(CN(CCN(C)C)c2ccccn2)cc1.O=C(OCC1OC(OC(=O)c2cc(O)c(O)c(OC(=O)c3cc(O)c(O)c(O)c3)c2)C(OC(=O)c2cc(O)c(O)c(OC(=O)c3cc(O)c(O)c(O)c3)c2)C(OC(=O)c2cc(O)c(O)c(OC(=O)c3cc(O)c(O)c(O)c3)c2)C1OC(=O)c1cc(O)c(O)c(OC(=O)c2cc(O)c(O)c(O)c2)c1)c1cc(O)c(O)c(OC(=O)c2cc(O)c(O)c(O)c2)c1. The largest absolute Gasteiger partial charge is 0.504 e. The van der Waals surface area contributed by atoms with Crippen LogP contribution in [0.3, 0.4) is 0 Å². The molecule has 1 aliphatic heterocycles. The van der Waals surface area contributed by atoms with Gasteiger partial charge in [0.2, 0.25) is 41.1 Å². The van der Waals surface area contributed by atoms with Gasteiger partial charge in [-0.15, -0.1) is 0 Å². The monoisotopic (exact) mass is 1990 g/mol. The van der Waals surface area contributed by atoms with E-state index >= 15 is 14.4 Å². The van der Waals surface area contributed by atoms with E-state index in [9.17, 15) is 161 Å². The lowest BCUT2D eigenvalue weighted by Gasteiger charge is -2.43. The van der Waals surface area contributed by atoms with Gasteiger partial charge in [0.1, 0.15) is 24.3 Å². The lowest BCUT2D eigenvalue weighted by Crippen LogP contribution is -2.63. The number of esters is 10. The van der Waals surface area contributed by atoms with E-state index < -0.39 is 325 Å². The number of aromatic nitrogens is 1. The molecule has 0 radical (unpaired) electrons. The molecule has 1 fully saturated rings. The summed E-state index contributed by atoms with van der Waals surface area (Å²) in [5.74, 6) is -54.1. The number of likely N-dealkylation sites (N-methyl/N-ethyl adjacent to an activating group) is 1. The molecule has 0 aliphatic carbocycles. The zero-order chi connectivity index (χ0) is 104. The maximum atomic E-state index is 15.3. The van der Waals surface area contributed by atoms with Crippen molar-refractivity contribution in [1.82, 2.24) is 9.88 Å². The van der Waals surface area contributed by atoms with Crippen LogP contribution < -0.4 is 33.3 Å². The highest BCUT2D eigenvalue weighted by atomic mass is 16.8. The van der Waals surface area contributed by atoms with Gasteiger partial charge in [-0.25, -0.2) is 52.9 Å². The van der Waals surface area contributed by atoms with Gasteiger partial charge < -0.3 is 194 Å². The fourth-order valence-electron chi connectivity index (χ4n) is 12.9. The zero-order valence-electron chi connectivity index (χ0n) is 72.9.